The van der Waals surface area contributed by atoms with Gasteiger partial charge in [0.15, 0.2) is 5.76 Å². The minimum Gasteiger partial charge on any atom is -0.486 e. The number of nitrogens with one attached hydrogen (secondary N) is 1. The van der Waals surface area contributed by atoms with Crippen molar-refractivity contribution in [2.24, 2.45) is 5.10 Å². The molecule has 5 rings (SSSR count). The van der Waals surface area contributed by atoms with Gasteiger partial charge in [-0.05, 0) is 81.8 Å². The number of carbonyl (C=O) groups excluding carboxylic acids is 1. The van der Waals surface area contributed by atoms with E-state index < -0.39 is 5.91 Å². The molecule has 0 aliphatic heterocycles. The molecule has 194 valence electrons. The minimum atomic E-state index is -0.417. The van der Waals surface area contributed by atoms with E-state index >= 15 is 0 Å². The molecular formula is C31H32N4O3. The molecule has 0 radical (unpaired) electrons. The summed E-state index contributed by atoms with van der Waals surface area (Å²) in [7, 11) is 0. The summed E-state index contributed by atoms with van der Waals surface area (Å²) in [5.41, 5.74) is 8.10. The molecule has 3 heterocycles. The van der Waals surface area contributed by atoms with Crippen LogP contribution in [0.4, 0.5) is 0 Å². The summed E-state index contributed by atoms with van der Waals surface area (Å²) in [6.45, 7) is 8.73. The van der Waals surface area contributed by atoms with Crippen LogP contribution in [-0.2, 0) is 6.61 Å². The highest BCUT2D eigenvalue weighted by Gasteiger charge is 2.13. The molecule has 0 aliphatic rings. The molecular weight excluding hydrogens is 476 g/mol. The van der Waals surface area contributed by atoms with Crippen LogP contribution in [0, 0.1) is 13.8 Å². The first-order valence-electron chi connectivity index (χ1n) is 12.8. The molecule has 0 bridgehead atoms. The summed E-state index contributed by atoms with van der Waals surface area (Å²) in [5, 5.41) is 5.27. The lowest BCUT2D eigenvalue weighted by atomic mass is 10.2. The Morgan fingerprint density at radius 3 is 2.50 bits per heavy atom. The predicted molar refractivity (Wildman–Crippen MR) is 150 cm³/mol. The highest BCUT2D eigenvalue weighted by atomic mass is 16.5. The van der Waals surface area contributed by atoms with Gasteiger partial charge in [0.05, 0.1) is 6.21 Å². The van der Waals surface area contributed by atoms with E-state index in [-0.39, 0.29) is 12.4 Å². The molecule has 5 aromatic rings. The molecule has 7 heteroatoms. The number of fused-ring (bicyclic) bond motifs is 1. The van der Waals surface area contributed by atoms with Gasteiger partial charge in [0.1, 0.15) is 18.1 Å². The van der Waals surface area contributed by atoms with Crippen molar-refractivity contribution in [2.75, 3.05) is 0 Å². The first kappa shape index (κ1) is 25.1. The van der Waals surface area contributed by atoms with Crippen LogP contribution < -0.4 is 10.2 Å². The summed E-state index contributed by atoms with van der Waals surface area (Å²) in [4.78, 5) is 12.6. The Kier molecular flexibility index (Phi) is 7.18. The van der Waals surface area contributed by atoms with Crippen molar-refractivity contribution in [1.82, 2.24) is 14.6 Å². The second-order valence-electron chi connectivity index (χ2n) is 9.47. The van der Waals surface area contributed by atoms with Gasteiger partial charge in [0, 0.05) is 45.8 Å². The summed E-state index contributed by atoms with van der Waals surface area (Å²) in [6, 6.07) is 24.0. The quantitative estimate of drug-likeness (QED) is 0.173. The van der Waals surface area contributed by atoms with Crippen LogP contribution in [0.5, 0.6) is 5.75 Å². The average Bonchev–Trinajstić information content (AvgIpc) is 3.65. The number of furan rings is 1. The van der Waals surface area contributed by atoms with Crippen molar-refractivity contribution in [2.45, 2.75) is 46.8 Å². The molecule has 2 aromatic carbocycles. The fourth-order valence-corrected chi connectivity index (χ4v) is 4.61. The number of aromatic nitrogens is 2. The molecule has 0 saturated heterocycles. The Morgan fingerprint density at radius 1 is 1.03 bits per heavy atom. The number of hydrazone groups is 1. The molecule has 0 saturated carbocycles. The number of rotatable bonds is 9. The molecule has 0 aliphatic carbocycles. The third-order valence-corrected chi connectivity index (χ3v) is 6.84. The van der Waals surface area contributed by atoms with Gasteiger partial charge >= 0.3 is 5.91 Å². The second-order valence-corrected chi connectivity index (χ2v) is 9.47. The average molecular weight is 509 g/mol. The number of hydrogen-bond acceptors (Lipinski definition) is 4. The monoisotopic (exact) mass is 508 g/mol. The van der Waals surface area contributed by atoms with E-state index in [1.807, 2.05) is 36.4 Å². The largest absolute Gasteiger partial charge is 0.486 e. The SMILES string of the molecule is CC[C@@H](C)n1cc(/C=N/NC(=O)c2ccc(COc3ccc(-n4c(C)ccc4C)cc3)o2)c2ccccc21. The zero-order valence-corrected chi connectivity index (χ0v) is 22.1. The van der Waals surface area contributed by atoms with Gasteiger partial charge in [0.2, 0.25) is 0 Å². The van der Waals surface area contributed by atoms with Crippen molar-refractivity contribution < 1.29 is 13.9 Å². The highest BCUT2D eigenvalue weighted by molar-refractivity contribution is 6.00. The lowest BCUT2D eigenvalue weighted by molar-refractivity contribution is 0.0923. The topological polar surface area (TPSA) is 73.7 Å². The van der Waals surface area contributed by atoms with E-state index in [4.69, 9.17) is 9.15 Å². The van der Waals surface area contributed by atoms with Crippen LogP contribution in [0.3, 0.4) is 0 Å². The van der Waals surface area contributed by atoms with E-state index in [2.05, 4.69) is 77.8 Å². The fourth-order valence-electron chi connectivity index (χ4n) is 4.61. The Morgan fingerprint density at radius 2 is 1.76 bits per heavy atom. The summed E-state index contributed by atoms with van der Waals surface area (Å²) in [5.74, 6) is 1.04. The molecule has 1 atom stereocenters. The van der Waals surface area contributed by atoms with Crippen molar-refractivity contribution >= 4 is 23.0 Å². The van der Waals surface area contributed by atoms with E-state index in [0.717, 1.165) is 34.3 Å². The Balaban J connectivity index is 1.19. The van der Waals surface area contributed by atoms with E-state index in [9.17, 15) is 4.79 Å². The van der Waals surface area contributed by atoms with Crippen LogP contribution in [0.15, 0.2) is 88.5 Å². The number of para-hydroxylation sites is 1. The molecule has 7 nitrogen and oxygen atoms in total. The molecule has 0 fully saturated rings. The van der Waals surface area contributed by atoms with Gasteiger partial charge in [-0.25, -0.2) is 5.43 Å². The van der Waals surface area contributed by atoms with Crippen molar-refractivity contribution in [1.29, 1.82) is 0 Å². The summed E-state index contributed by atoms with van der Waals surface area (Å²) in [6.07, 6.45) is 4.77. The van der Waals surface area contributed by atoms with E-state index in [1.54, 1.807) is 18.3 Å². The van der Waals surface area contributed by atoms with Crippen LogP contribution in [0.2, 0.25) is 0 Å². The molecule has 38 heavy (non-hydrogen) atoms. The van der Waals surface area contributed by atoms with Gasteiger partial charge in [-0.15, -0.1) is 0 Å². The number of benzene rings is 2. The van der Waals surface area contributed by atoms with Crippen LogP contribution in [-0.4, -0.2) is 21.3 Å². The third kappa shape index (κ3) is 5.13. The minimum absolute atomic E-state index is 0.177. The standard InChI is InChI=1S/C31H32N4O3/c1-5-21(2)34-19-24(28-8-6-7-9-29(28)34)18-32-33-31(36)30-17-16-27(38-30)20-37-26-14-12-25(13-15-26)35-22(3)10-11-23(35)4/h6-19,21H,5,20H2,1-4H3,(H,33,36)/b32-18+/t21-/m1/s1. The smallest absolute Gasteiger partial charge is 0.307 e. The maximum atomic E-state index is 12.6. The lowest BCUT2D eigenvalue weighted by Crippen LogP contribution is -2.16. The first-order valence-corrected chi connectivity index (χ1v) is 12.8. The summed E-state index contributed by atoms with van der Waals surface area (Å²) < 4.78 is 16.0. The van der Waals surface area contributed by atoms with Crippen molar-refractivity contribution in [3.8, 4) is 11.4 Å². The number of carbonyl (C=O) groups is 1. The van der Waals surface area contributed by atoms with Gasteiger partial charge < -0.3 is 18.3 Å². The molecule has 1 N–H and O–H groups in total. The second kappa shape index (κ2) is 10.8. The third-order valence-electron chi connectivity index (χ3n) is 6.84. The normalized spacial score (nSPS) is 12.3. The highest BCUT2D eigenvalue weighted by Crippen LogP contribution is 2.25. The zero-order valence-electron chi connectivity index (χ0n) is 22.1. The molecule has 3 aromatic heterocycles. The van der Waals surface area contributed by atoms with Gasteiger partial charge in [-0.2, -0.15) is 5.10 Å². The maximum absolute atomic E-state index is 12.6. The zero-order chi connectivity index (χ0) is 26.6. The Bertz CT molecular complexity index is 1570. The van der Waals surface area contributed by atoms with Crippen LogP contribution in [0.25, 0.3) is 16.6 Å². The van der Waals surface area contributed by atoms with Crippen LogP contribution >= 0.6 is 0 Å². The van der Waals surface area contributed by atoms with E-state index in [0.29, 0.717) is 11.8 Å². The first-order chi connectivity index (χ1) is 18.4. The predicted octanol–water partition coefficient (Wildman–Crippen LogP) is 6.96. The molecule has 0 unspecified atom stereocenters. The maximum Gasteiger partial charge on any atom is 0.307 e. The fraction of sp³-hybridized carbons (Fsp3) is 0.226. The van der Waals surface area contributed by atoms with Crippen molar-refractivity contribution in [3.05, 3.63) is 107 Å². The molecule has 0 spiro atoms. The Labute approximate surface area is 222 Å². The number of nitrogens with zero attached hydrogens (tertiary/aromatic N) is 3. The number of amides is 1. The number of aryl methyl sites for hydroxylation is 2. The van der Waals surface area contributed by atoms with Crippen molar-refractivity contribution in [3.63, 3.8) is 0 Å². The summed E-state index contributed by atoms with van der Waals surface area (Å²) >= 11 is 0. The Hall–Kier alpha value is -4.52. The van der Waals surface area contributed by atoms with E-state index in [1.165, 1.54) is 11.4 Å². The van der Waals surface area contributed by atoms with Gasteiger partial charge in [-0.3, -0.25) is 4.79 Å². The lowest BCUT2D eigenvalue weighted by Gasteiger charge is -2.12. The van der Waals surface area contributed by atoms with Gasteiger partial charge in [-0.1, -0.05) is 25.1 Å². The van der Waals surface area contributed by atoms with Crippen LogP contribution in [0.1, 0.15) is 59.6 Å². The van der Waals surface area contributed by atoms with Gasteiger partial charge in [0.25, 0.3) is 0 Å². The number of ether oxygens (including phenoxy) is 1. The number of hydrogen-bond donors (Lipinski definition) is 1. The molecule has 1 amide bonds.